The molecule has 0 bridgehead atoms. The van der Waals surface area contributed by atoms with Gasteiger partial charge in [0.05, 0.1) is 18.0 Å². The largest absolute Gasteiger partial charge is 0.433 e. The molecule has 0 aromatic carbocycles. The van der Waals surface area contributed by atoms with Crippen LogP contribution < -0.4 is 5.32 Å². The minimum atomic E-state index is -2.58. The van der Waals surface area contributed by atoms with Crippen LogP contribution in [0.15, 0.2) is 39.9 Å². The molecule has 1 amide bonds. The number of amides is 1. The van der Waals surface area contributed by atoms with Crippen LogP contribution >= 0.6 is 11.8 Å². The van der Waals surface area contributed by atoms with Crippen molar-refractivity contribution in [2.24, 2.45) is 0 Å². The predicted octanol–water partition coefficient (Wildman–Crippen LogP) is 3.15. The molecule has 0 aliphatic heterocycles. The van der Waals surface area contributed by atoms with Crippen LogP contribution in [0.25, 0.3) is 0 Å². The first-order valence-electron chi connectivity index (χ1n) is 5.42. The fourth-order valence-electron chi connectivity index (χ4n) is 1.36. The second-order valence-electron chi connectivity index (χ2n) is 3.61. The summed E-state index contributed by atoms with van der Waals surface area (Å²) < 4.78 is 28.9. The van der Waals surface area contributed by atoms with Crippen molar-refractivity contribution in [3.63, 3.8) is 0 Å². The van der Waals surface area contributed by atoms with Crippen molar-refractivity contribution in [3.05, 3.63) is 46.3 Å². The highest BCUT2D eigenvalue weighted by atomic mass is 32.2. The molecule has 0 aliphatic carbocycles. The topological polar surface area (TPSA) is 98.3 Å². The van der Waals surface area contributed by atoms with Crippen LogP contribution in [0.5, 0.6) is 0 Å². The van der Waals surface area contributed by atoms with E-state index < -0.39 is 22.5 Å². The van der Waals surface area contributed by atoms with Gasteiger partial charge >= 0.3 is 5.88 Å². The number of halogens is 2. The molecule has 0 saturated carbocycles. The molecule has 110 valence electrons. The first kappa shape index (κ1) is 14.9. The maximum absolute atomic E-state index is 12.1. The average molecular weight is 315 g/mol. The Morgan fingerprint density at radius 3 is 2.67 bits per heavy atom. The Labute approximate surface area is 120 Å². The zero-order valence-corrected chi connectivity index (χ0v) is 11.0. The van der Waals surface area contributed by atoms with Gasteiger partial charge in [-0.25, -0.2) is 4.98 Å². The third-order valence-electron chi connectivity index (χ3n) is 2.20. The molecule has 0 aliphatic rings. The van der Waals surface area contributed by atoms with E-state index in [1.165, 1.54) is 18.3 Å². The third kappa shape index (κ3) is 3.99. The molecular weight excluding hydrogens is 308 g/mol. The smallest absolute Gasteiger partial charge is 0.395 e. The normalized spacial score (nSPS) is 10.6. The highest BCUT2D eigenvalue weighted by molar-refractivity contribution is 7.99. The monoisotopic (exact) mass is 315 g/mol. The second kappa shape index (κ2) is 6.31. The quantitative estimate of drug-likeness (QED) is 0.517. The van der Waals surface area contributed by atoms with Crippen LogP contribution in [0.2, 0.25) is 0 Å². The fourth-order valence-corrected chi connectivity index (χ4v) is 1.80. The number of anilines is 1. The molecule has 2 aromatic heterocycles. The van der Waals surface area contributed by atoms with Crippen LogP contribution in [-0.2, 0) is 0 Å². The second-order valence-corrected chi connectivity index (χ2v) is 4.62. The van der Waals surface area contributed by atoms with Crippen LogP contribution in [0, 0.1) is 10.1 Å². The minimum absolute atomic E-state index is 0.108. The van der Waals surface area contributed by atoms with Crippen LogP contribution in [-0.4, -0.2) is 21.6 Å². The number of pyridine rings is 1. The average Bonchev–Trinajstić information content (AvgIpc) is 2.90. The van der Waals surface area contributed by atoms with E-state index >= 15 is 0 Å². The van der Waals surface area contributed by atoms with Crippen molar-refractivity contribution in [2.45, 2.75) is 10.8 Å². The van der Waals surface area contributed by atoms with Crippen molar-refractivity contribution < 1.29 is 22.9 Å². The molecule has 0 spiro atoms. The number of aromatic nitrogens is 1. The van der Waals surface area contributed by atoms with Gasteiger partial charge in [-0.3, -0.25) is 14.9 Å². The molecule has 0 fully saturated rings. The maximum Gasteiger partial charge on any atom is 0.433 e. The number of carbonyl (C=O) groups excluding carboxylic acids is 1. The van der Waals surface area contributed by atoms with Crippen molar-refractivity contribution in [3.8, 4) is 0 Å². The number of nitrogens with one attached hydrogen (secondary N) is 1. The number of furan rings is 1. The summed E-state index contributed by atoms with van der Waals surface area (Å²) in [5, 5.41) is 12.9. The highest BCUT2D eigenvalue weighted by Gasteiger charge is 2.17. The zero-order valence-electron chi connectivity index (χ0n) is 10.2. The third-order valence-corrected chi connectivity index (χ3v) is 2.86. The highest BCUT2D eigenvalue weighted by Crippen LogP contribution is 2.24. The number of alkyl halides is 2. The summed E-state index contributed by atoms with van der Waals surface area (Å²) in [4.78, 5) is 25.1. The van der Waals surface area contributed by atoms with E-state index in [2.05, 4.69) is 10.3 Å². The minimum Gasteiger partial charge on any atom is -0.395 e. The lowest BCUT2D eigenvalue weighted by Crippen LogP contribution is -2.11. The van der Waals surface area contributed by atoms with E-state index in [9.17, 15) is 23.7 Å². The molecule has 0 unspecified atom stereocenters. The summed E-state index contributed by atoms with van der Waals surface area (Å²) in [6.07, 6.45) is 1.19. The summed E-state index contributed by atoms with van der Waals surface area (Å²) >= 11 is 0.278. The molecule has 1 N–H and O–H groups in total. The van der Waals surface area contributed by atoms with Gasteiger partial charge in [0.2, 0.25) is 0 Å². The maximum atomic E-state index is 12.1. The SMILES string of the molecule is O=C(Nc1ccc(SC(F)F)nc1)c1ccc([N+](=O)[O-])o1. The van der Waals surface area contributed by atoms with Crippen molar-refractivity contribution >= 4 is 29.2 Å². The molecule has 7 nitrogen and oxygen atoms in total. The van der Waals surface area contributed by atoms with E-state index in [-0.39, 0.29) is 28.2 Å². The molecule has 2 rings (SSSR count). The lowest BCUT2D eigenvalue weighted by molar-refractivity contribution is -0.402. The van der Waals surface area contributed by atoms with E-state index in [1.807, 2.05) is 0 Å². The van der Waals surface area contributed by atoms with Crippen molar-refractivity contribution in [1.29, 1.82) is 0 Å². The Hall–Kier alpha value is -2.49. The molecule has 2 heterocycles. The van der Waals surface area contributed by atoms with Crippen LogP contribution in [0.1, 0.15) is 10.6 Å². The van der Waals surface area contributed by atoms with E-state index in [1.54, 1.807) is 0 Å². The van der Waals surface area contributed by atoms with Gasteiger partial charge in [0.25, 0.3) is 11.7 Å². The van der Waals surface area contributed by atoms with Gasteiger partial charge in [0.15, 0.2) is 5.76 Å². The Kier molecular flexibility index (Phi) is 4.48. The fraction of sp³-hybridized carbons (Fsp3) is 0.0909. The first-order valence-corrected chi connectivity index (χ1v) is 6.30. The molecule has 2 aromatic rings. The summed E-state index contributed by atoms with van der Waals surface area (Å²) in [7, 11) is 0. The number of carbonyl (C=O) groups is 1. The van der Waals surface area contributed by atoms with Gasteiger partial charge in [0, 0.05) is 0 Å². The molecule has 21 heavy (non-hydrogen) atoms. The van der Waals surface area contributed by atoms with E-state index in [0.717, 1.165) is 12.1 Å². The standard InChI is InChI=1S/C11H7F2N3O4S/c12-11(13)21-8-3-1-6(5-14-8)15-10(17)7-2-4-9(20-7)16(18)19/h1-5,11H,(H,15,17). The lowest BCUT2D eigenvalue weighted by atomic mass is 10.4. The Balaban J connectivity index is 2.03. The van der Waals surface area contributed by atoms with Gasteiger partial charge < -0.3 is 9.73 Å². The number of thioether (sulfide) groups is 1. The zero-order chi connectivity index (χ0) is 15.4. The lowest BCUT2D eigenvalue weighted by Gasteiger charge is -2.03. The predicted molar refractivity (Wildman–Crippen MR) is 69.4 cm³/mol. The molecule has 0 radical (unpaired) electrons. The Morgan fingerprint density at radius 1 is 1.38 bits per heavy atom. The number of hydrogen-bond donors (Lipinski definition) is 1. The Morgan fingerprint density at radius 2 is 2.14 bits per heavy atom. The summed E-state index contributed by atoms with van der Waals surface area (Å²) in [5.74, 6) is -4.09. The molecular formula is C11H7F2N3O4S. The van der Waals surface area contributed by atoms with E-state index in [4.69, 9.17) is 4.42 Å². The Bertz CT molecular complexity index is 660. The number of rotatable bonds is 5. The van der Waals surface area contributed by atoms with Crippen LogP contribution in [0.3, 0.4) is 0 Å². The summed E-state index contributed by atoms with van der Waals surface area (Å²) in [6.45, 7) is 0. The first-order chi connectivity index (χ1) is 9.95. The van der Waals surface area contributed by atoms with Crippen LogP contribution in [0.4, 0.5) is 20.4 Å². The number of hydrogen-bond acceptors (Lipinski definition) is 6. The van der Waals surface area contributed by atoms with Gasteiger partial charge in [-0.05, 0) is 30.0 Å². The number of nitro groups is 1. The van der Waals surface area contributed by atoms with Gasteiger partial charge in [-0.15, -0.1) is 0 Å². The molecule has 0 atom stereocenters. The summed E-state index contributed by atoms with van der Waals surface area (Å²) in [5.41, 5.74) is 0.248. The molecule has 0 saturated heterocycles. The molecule has 10 heteroatoms. The van der Waals surface area contributed by atoms with Gasteiger partial charge in [-0.2, -0.15) is 8.78 Å². The van der Waals surface area contributed by atoms with Gasteiger partial charge in [0.1, 0.15) is 9.95 Å². The van der Waals surface area contributed by atoms with Crippen molar-refractivity contribution in [2.75, 3.05) is 5.32 Å². The van der Waals surface area contributed by atoms with Gasteiger partial charge in [-0.1, -0.05) is 0 Å². The van der Waals surface area contributed by atoms with E-state index in [0.29, 0.717) is 0 Å². The summed E-state index contributed by atoms with van der Waals surface area (Å²) in [6, 6.07) is 4.90. The number of nitrogens with zero attached hydrogens (tertiary/aromatic N) is 2. The van der Waals surface area contributed by atoms with Crippen molar-refractivity contribution in [1.82, 2.24) is 4.98 Å².